The van der Waals surface area contributed by atoms with E-state index < -0.39 is 0 Å². The number of nitrogens with one attached hydrogen (secondary N) is 1. The minimum absolute atomic E-state index is 0.0355. The number of aromatic nitrogens is 1. The number of carbonyl (C=O) groups is 3. The van der Waals surface area contributed by atoms with E-state index in [1.807, 2.05) is 6.07 Å². The summed E-state index contributed by atoms with van der Waals surface area (Å²) in [5.41, 5.74) is 3.50. The quantitative estimate of drug-likeness (QED) is 0.343. The second-order valence-corrected chi connectivity index (χ2v) is 10.8. The molecule has 0 saturated carbocycles. The Morgan fingerprint density at radius 3 is 2.49 bits per heavy atom. The van der Waals surface area contributed by atoms with Gasteiger partial charge in [-0.15, -0.1) is 11.8 Å². The summed E-state index contributed by atoms with van der Waals surface area (Å²) >= 11 is 1.76. The van der Waals surface area contributed by atoms with Crippen molar-refractivity contribution in [3.63, 3.8) is 0 Å². The van der Waals surface area contributed by atoms with E-state index in [-0.39, 0.29) is 24.3 Å². The molecular formula is C28H38N4O4S. The lowest BCUT2D eigenvalue weighted by atomic mass is 9.93. The van der Waals surface area contributed by atoms with Gasteiger partial charge in [0.25, 0.3) is 11.8 Å². The second-order valence-electron chi connectivity index (χ2n) is 9.98. The first kappa shape index (κ1) is 27.3. The number of hydrogen-bond acceptors (Lipinski definition) is 6. The van der Waals surface area contributed by atoms with Gasteiger partial charge in [0.05, 0.1) is 10.5 Å². The number of likely N-dealkylation sites (tertiary alicyclic amines) is 1. The Balaban J connectivity index is 1.22. The highest BCUT2D eigenvalue weighted by molar-refractivity contribution is 7.98. The summed E-state index contributed by atoms with van der Waals surface area (Å²) < 4.78 is 2.24. The van der Waals surface area contributed by atoms with Crippen LogP contribution in [0.4, 0.5) is 0 Å². The molecule has 4 rings (SSSR count). The van der Waals surface area contributed by atoms with E-state index >= 15 is 0 Å². The third-order valence-corrected chi connectivity index (χ3v) is 8.58. The number of phenolic OH excluding ortho intramolecular Hbond substituents is 1. The number of imide groups is 1. The number of thioether (sulfide) groups is 1. The van der Waals surface area contributed by atoms with Crippen molar-refractivity contribution in [2.75, 3.05) is 32.4 Å². The van der Waals surface area contributed by atoms with Crippen molar-refractivity contribution in [3.8, 4) is 5.75 Å². The van der Waals surface area contributed by atoms with Gasteiger partial charge in [0.2, 0.25) is 5.91 Å². The third kappa shape index (κ3) is 6.04. The van der Waals surface area contributed by atoms with Gasteiger partial charge in [-0.1, -0.05) is 6.92 Å². The molecular weight excluding hydrogens is 488 g/mol. The highest BCUT2D eigenvalue weighted by Crippen LogP contribution is 2.37. The van der Waals surface area contributed by atoms with Crippen molar-refractivity contribution in [2.24, 2.45) is 13.0 Å². The average molecular weight is 527 g/mol. The molecule has 200 valence electrons. The minimum atomic E-state index is -0.303. The van der Waals surface area contributed by atoms with Crippen LogP contribution in [-0.2, 0) is 34.4 Å². The summed E-state index contributed by atoms with van der Waals surface area (Å²) in [5.74, 6) is 0.289. The second kappa shape index (κ2) is 12.2. The normalized spacial score (nSPS) is 16.9. The van der Waals surface area contributed by atoms with E-state index in [1.54, 1.807) is 11.8 Å². The van der Waals surface area contributed by atoms with Gasteiger partial charge in [-0.2, -0.15) is 0 Å². The van der Waals surface area contributed by atoms with Gasteiger partial charge in [0.15, 0.2) is 0 Å². The van der Waals surface area contributed by atoms with E-state index in [1.165, 1.54) is 33.0 Å². The number of rotatable bonds is 11. The molecule has 1 fully saturated rings. The van der Waals surface area contributed by atoms with Crippen LogP contribution >= 0.6 is 11.8 Å². The number of nitrogens with zero attached hydrogens (tertiary/aromatic N) is 3. The lowest BCUT2D eigenvalue weighted by Crippen LogP contribution is -2.35. The molecule has 3 amide bonds. The van der Waals surface area contributed by atoms with Crippen molar-refractivity contribution in [1.29, 1.82) is 0 Å². The van der Waals surface area contributed by atoms with Gasteiger partial charge in [-0.25, -0.2) is 0 Å². The first-order chi connectivity index (χ1) is 17.8. The molecule has 9 heteroatoms. The number of phenols is 1. The molecule has 0 spiro atoms. The molecule has 1 aromatic heterocycles. The predicted octanol–water partition coefficient (Wildman–Crippen LogP) is 3.59. The Hall–Kier alpha value is -2.78. The lowest BCUT2D eigenvalue weighted by molar-refractivity contribution is -0.137. The van der Waals surface area contributed by atoms with E-state index in [2.05, 4.69) is 41.1 Å². The van der Waals surface area contributed by atoms with E-state index in [9.17, 15) is 19.5 Å². The summed E-state index contributed by atoms with van der Waals surface area (Å²) in [7, 11) is 2.10. The maximum Gasteiger partial charge on any atom is 0.253 e. The molecule has 0 aliphatic carbocycles. The van der Waals surface area contributed by atoms with Crippen molar-refractivity contribution >= 4 is 40.4 Å². The monoisotopic (exact) mass is 526 g/mol. The molecule has 0 atom stereocenters. The maximum absolute atomic E-state index is 12.2. The molecule has 0 bridgehead atoms. The number of carbonyl (C=O) groups excluding carboxylic acids is 3. The Bertz CT molecular complexity index is 1180. The molecule has 2 N–H and O–H groups in total. The topological polar surface area (TPSA) is 94.9 Å². The van der Waals surface area contributed by atoms with Crippen LogP contribution in [0.5, 0.6) is 5.75 Å². The van der Waals surface area contributed by atoms with Crippen molar-refractivity contribution in [3.05, 3.63) is 35.4 Å². The standard InChI is InChI=1S/C28H38N4O4S/c1-4-20-21-7-8-23(33)22(27(21)30(2)28(20)37-3)18-31-16-12-19(13-17-31)11-14-29-24(34)6-5-15-32-25(35)9-10-26(32)36/h7-10,19,33H,4-6,11-18H2,1-3H3,(H,29,34). The predicted molar refractivity (Wildman–Crippen MR) is 146 cm³/mol. The highest BCUT2D eigenvalue weighted by atomic mass is 32.2. The number of piperidine rings is 1. The summed E-state index contributed by atoms with van der Waals surface area (Å²) in [6, 6.07) is 3.89. The van der Waals surface area contributed by atoms with Crippen LogP contribution in [0.1, 0.15) is 50.2 Å². The number of aryl methyl sites for hydroxylation is 2. The Morgan fingerprint density at radius 2 is 1.84 bits per heavy atom. The molecule has 0 unspecified atom stereocenters. The number of benzene rings is 1. The molecule has 2 aromatic rings. The number of hydrogen-bond donors (Lipinski definition) is 2. The van der Waals surface area contributed by atoms with E-state index in [0.717, 1.165) is 56.4 Å². The van der Waals surface area contributed by atoms with Crippen LogP contribution in [0.15, 0.2) is 29.3 Å². The Morgan fingerprint density at radius 1 is 1.14 bits per heavy atom. The Labute approximate surface area is 223 Å². The molecule has 2 aliphatic rings. The minimum Gasteiger partial charge on any atom is -0.508 e. The zero-order chi connectivity index (χ0) is 26.5. The number of fused-ring (bicyclic) bond motifs is 1. The van der Waals surface area contributed by atoms with Crippen LogP contribution in [0.3, 0.4) is 0 Å². The van der Waals surface area contributed by atoms with Crippen LogP contribution in [0, 0.1) is 5.92 Å². The van der Waals surface area contributed by atoms with Crippen LogP contribution < -0.4 is 5.32 Å². The summed E-state index contributed by atoms with van der Waals surface area (Å²) in [4.78, 5) is 38.9. The molecule has 1 saturated heterocycles. The number of aromatic hydroxyl groups is 1. The highest BCUT2D eigenvalue weighted by Gasteiger charge is 2.24. The van der Waals surface area contributed by atoms with Crippen molar-refractivity contribution in [1.82, 2.24) is 19.7 Å². The molecule has 2 aliphatic heterocycles. The smallest absolute Gasteiger partial charge is 0.253 e. The van der Waals surface area contributed by atoms with Gasteiger partial charge in [-0.05, 0) is 75.1 Å². The van der Waals surface area contributed by atoms with Crippen molar-refractivity contribution < 1.29 is 19.5 Å². The average Bonchev–Trinajstić information content (AvgIpc) is 3.36. The van der Waals surface area contributed by atoms with E-state index in [0.29, 0.717) is 31.1 Å². The van der Waals surface area contributed by atoms with Gasteiger partial charge in [-0.3, -0.25) is 24.2 Å². The molecule has 0 radical (unpaired) electrons. The van der Waals surface area contributed by atoms with Gasteiger partial charge in [0.1, 0.15) is 5.75 Å². The van der Waals surface area contributed by atoms with Crippen LogP contribution in [-0.4, -0.2) is 69.6 Å². The largest absolute Gasteiger partial charge is 0.508 e. The SMILES string of the molecule is CCc1c(SC)n(C)c2c(CN3CCC(CCNC(=O)CCCN4C(=O)C=CC4=O)CC3)c(O)ccc12. The van der Waals surface area contributed by atoms with Crippen LogP contribution in [0.25, 0.3) is 10.9 Å². The molecule has 37 heavy (non-hydrogen) atoms. The summed E-state index contributed by atoms with van der Waals surface area (Å²) in [6.45, 7) is 5.79. The first-order valence-corrected chi connectivity index (χ1v) is 14.4. The zero-order valence-electron chi connectivity index (χ0n) is 22.1. The molecule has 8 nitrogen and oxygen atoms in total. The lowest BCUT2D eigenvalue weighted by Gasteiger charge is -2.32. The van der Waals surface area contributed by atoms with Gasteiger partial charge >= 0.3 is 0 Å². The van der Waals surface area contributed by atoms with Gasteiger partial charge in [0, 0.05) is 56.2 Å². The third-order valence-electron chi connectivity index (χ3n) is 7.68. The first-order valence-electron chi connectivity index (χ1n) is 13.2. The van der Waals surface area contributed by atoms with Crippen molar-refractivity contribution in [2.45, 2.75) is 57.0 Å². The van der Waals surface area contributed by atoms with E-state index in [4.69, 9.17) is 0 Å². The molecule has 1 aromatic carbocycles. The fourth-order valence-corrected chi connectivity index (χ4v) is 6.51. The summed E-state index contributed by atoms with van der Waals surface area (Å²) in [6.07, 6.45) is 9.48. The number of amides is 3. The molecule has 3 heterocycles. The Kier molecular flexibility index (Phi) is 8.97. The van der Waals surface area contributed by atoms with Gasteiger partial charge < -0.3 is 15.0 Å². The van der Waals surface area contributed by atoms with Crippen LogP contribution in [0.2, 0.25) is 0 Å². The fourth-order valence-electron chi connectivity index (χ4n) is 5.64. The fraction of sp³-hybridized carbons (Fsp3) is 0.536. The zero-order valence-corrected chi connectivity index (χ0v) is 22.9. The summed E-state index contributed by atoms with van der Waals surface area (Å²) in [5, 5.41) is 16.2. The maximum atomic E-state index is 12.2.